The van der Waals surface area contributed by atoms with Gasteiger partial charge in [-0.3, -0.25) is 14.5 Å². The van der Waals surface area contributed by atoms with E-state index in [1.165, 1.54) is 5.56 Å². The van der Waals surface area contributed by atoms with E-state index in [2.05, 4.69) is 36.9 Å². The minimum atomic E-state index is -0.246. The molecule has 0 aliphatic carbocycles. The Bertz CT molecular complexity index is 1060. The number of primary amides is 1. The van der Waals surface area contributed by atoms with Crippen LogP contribution in [0.4, 0.5) is 0 Å². The van der Waals surface area contributed by atoms with Crippen LogP contribution in [0.3, 0.4) is 0 Å². The fourth-order valence-corrected chi connectivity index (χ4v) is 4.78. The van der Waals surface area contributed by atoms with Crippen LogP contribution < -0.4 is 10.5 Å². The average molecular weight is 449 g/mol. The first-order chi connectivity index (χ1) is 15.9. The summed E-state index contributed by atoms with van der Waals surface area (Å²) in [5, 5.41) is 6.47. The zero-order valence-electron chi connectivity index (χ0n) is 19.6. The molecule has 7 heteroatoms. The fraction of sp³-hybridized carbons (Fsp3) is 0.423. The largest absolute Gasteiger partial charge is 0.497 e. The minimum absolute atomic E-state index is 0.0268. The molecule has 33 heavy (non-hydrogen) atoms. The highest BCUT2D eigenvalue weighted by atomic mass is 16.5. The summed E-state index contributed by atoms with van der Waals surface area (Å²) in [6, 6.07) is 14.0. The Kier molecular flexibility index (Phi) is 6.79. The van der Waals surface area contributed by atoms with E-state index in [1.807, 2.05) is 24.3 Å². The smallest absolute Gasteiger partial charge is 0.257 e. The summed E-state index contributed by atoms with van der Waals surface area (Å²) >= 11 is 0. The maximum Gasteiger partial charge on any atom is 0.257 e. The third-order valence-electron chi connectivity index (χ3n) is 6.72. The average Bonchev–Trinajstić information content (AvgIpc) is 3.25. The number of hydrazone groups is 1. The Morgan fingerprint density at radius 1 is 1.09 bits per heavy atom. The molecule has 174 valence electrons. The van der Waals surface area contributed by atoms with Crippen molar-refractivity contribution in [3.63, 3.8) is 0 Å². The lowest BCUT2D eigenvalue weighted by Gasteiger charge is -2.32. The molecule has 2 aliphatic rings. The summed E-state index contributed by atoms with van der Waals surface area (Å²) in [6.45, 7) is 5.83. The number of hydrogen-bond acceptors (Lipinski definition) is 5. The molecule has 0 bridgehead atoms. The predicted molar refractivity (Wildman–Crippen MR) is 128 cm³/mol. The predicted octanol–water partition coefficient (Wildman–Crippen LogP) is 3.19. The molecule has 4 rings (SSSR count). The second-order valence-corrected chi connectivity index (χ2v) is 9.05. The van der Waals surface area contributed by atoms with Gasteiger partial charge >= 0.3 is 0 Å². The number of methoxy groups -OCH3 is 1. The standard InChI is InChI=1S/C26H32N4O3/c1-17-4-9-22(18(2)14-17)24-15-23(19-5-7-21(33-3)8-6-19)28-30(24)25(31)16-29-12-10-20(11-13-29)26(27)32/h4-9,14,20,24H,10-13,15-16H2,1-3H3,(H2,27,32). The Labute approximate surface area is 195 Å². The molecule has 1 saturated heterocycles. The molecule has 2 heterocycles. The van der Waals surface area contributed by atoms with E-state index in [0.717, 1.165) is 28.2 Å². The Morgan fingerprint density at radius 2 is 1.79 bits per heavy atom. The topological polar surface area (TPSA) is 88.2 Å². The van der Waals surface area contributed by atoms with Crippen molar-refractivity contribution in [3.8, 4) is 5.75 Å². The number of carbonyl (C=O) groups is 2. The van der Waals surface area contributed by atoms with Gasteiger partial charge in [0.15, 0.2) is 0 Å². The van der Waals surface area contributed by atoms with Crippen LogP contribution in [0.15, 0.2) is 47.6 Å². The van der Waals surface area contributed by atoms with Crippen LogP contribution in [0.5, 0.6) is 5.75 Å². The minimum Gasteiger partial charge on any atom is -0.497 e. The van der Waals surface area contributed by atoms with Crippen LogP contribution >= 0.6 is 0 Å². The summed E-state index contributed by atoms with van der Waals surface area (Å²) in [5.41, 5.74) is 10.8. The van der Waals surface area contributed by atoms with E-state index < -0.39 is 0 Å². The Morgan fingerprint density at radius 3 is 2.39 bits per heavy atom. The summed E-state index contributed by atoms with van der Waals surface area (Å²) in [4.78, 5) is 27.0. The third kappa shape index (κ3) is 5.09. The molecule has 1 fully saturated rings. The number of rotatable bonds is 6. The highest BCUT2D eigenvalue weighted by Gasteiger charge is 2.35. The SMILES string of the molecule is COc1ccc(C2=NN(C(=O)CN3CCC(C(N)=O)CC3)C(c3ccc(C)cc3C)C2)cc1. The van der Waals surface area contributed by atoms with Crippen LogP contribution in [0, 0.1) is 19.8 Å². The number of nitrogens with two attached hydrogens (primary N) is 1. The van der Waals surface area contributed by atoms with Crippen LogP contribution in [0.2, 0.25) is 0 Å². The van der Waals surface area contributed by atoms with Crippen LogP contribution in [-0.4, -0.2) is 54.2 Å². The molecule has 2 aromatic rings. The summed E-state index contributed by atoms with van der Waals surface area (Å²) < 4.78 is 5.28. The zero-order valence-corrected chi connectivity index (χ0v) is 19.6. The number of benzene rings is 2. The van der Waals surface area contributed by atoms with E-state index in [4.69, 9.17) is 15.6 Å². The van der Waals surface area contributed by atoms with Gasteiger partial charge < -0.3 is 10.5 Å². The maximum atomic E-state index is 13.4. The molecule has 1 unspecified atom stereocenters. The first kappa shape index (κ1) is 23.0. The molecule has 0 saturated carbocycles. The van der Waals surface area contributed by atoms with Crippen molar-refractivity contribution in [1.29, 1.82) is 0 Å². The van der Waals surface area contributed by atoms with Gasteiger partial charge in [-0.25, -0.2) is 5.01 Å². The lowest BCUT2D eigenvalue weighted by Crippen LogP contribution is -2.44. The number of aryl methyl sites for hydroxylation is 2. The molecule has 2 aromatic carbocycles. The normalized spacial score (nSPS) is 19.4. The summed E-state index contributed by atoms with van der Waals surface area (Å²) in [7, 11) is 1.64. The van der Waals surface area contributed by atoms with E-state index in [0.29, 0.717) is 32.4 Å². The number of carbonyl (C=O) groups excluding carboxylic acids is 2. The molecule has 0 aromatic heterocycles. The molecule has 0 spiro atoms. The molecular formula is C26H32N4O3. The number of nitrogens with zero attached hydrogens (tertiary/aromatic N) is 3. The highest BCUT2D eigenvalue weighted by molar-refractivity contribution is 6.03. The maximum absolute atomic E-state index is 13.4. The monoisotopic (exact) mass is 448 g/mol. The van der Waals surface area contributed by atoms with Crippen molar-refractivity contribution < 1.29 is 14.3 Å². The van der Waals surface area contributed by atoms with Gasteiger partial charge in [0.05, 0.1) is 25.4 Å². The first-order valence-electron chi connectivity index (χ1n) is 11.5. The summed E-state index contributed by atoms with van der Waals surface area (Å²) in [5.74, 6) is 0.423. The van der Waals surface area contributed by atoms with Crippen molar-refractivity contribution >= 4 is 17.5 Å². The van der Waals surface area contributed by atoms with E-state index >= 15 is 0 Å². The second kappa shape index (κ2) is 9.75. The Balaban J connectivity index is 1.56. The van der Waals surface area contributed by atoms with Gasteiger partial charge in [-0.2, -0.15) is 5.10 Å². The number of likely N-dealkylation sites (tertiary alicyclic amines) is 1. The van der Waals surface area contributed by atoms with Gasteiger partial charge in [0, 0.05) is 12.3 Å². The fourth-order valence-electron chi connectivity index (χ4n) is 4.78. The van der Waals surface area contributed by atoms with Gasteiger partial charge in [-0.1, -0.05) is 23.8 Å². The van der Waals surface area contributed by atoms with Gasteiger partial charge in [0.1, 0.15) is 5.75 Å². The van der Waals surface area contributed by atoms with Crippen molar-refractivity contribution in [2.24, 2.45) is 16.8 Å². The number of ether oxygens (including phenoxy) is 1. The molecular weight excluding hydrogens is 416 g/mol. The third-order valence-corrected chi connectivity index (χ3v) is 6.72. The van der Waals surface area contributed by atoms with Crippen LogP contribution in [0.1, 0.15) is 47.6 Å². The van der Waals surface area contributed by atoms with E-state index in [1.54, 1.807) is 12.1 Å². The van der Waals surface area contributed by atoms with Gasteiger partial charge in [-0.15, -0.1) is 0 Å². The molecule has 2 aliphatic heterocycles. The highest BCUT2D eigenvalue weighted by Crippen LogP contribution is 2.35. The van der Waals surface area contributed by atoms with Crippen LogP contribution in [0.25, 0.3) is 0 Å². The Hall–Kier alpha value is -3.19. The molecule has 0 radical (unpaired) electrons. The molecule has 1 atom stereocenters. The van der Waals surface area contributed by atoms with E-state index in [9.17, 15) is 9.59 Å². The molecule has 2 amide bonds. The molecule has 7 nitrogen and oxygen atoms in total. The number of amides is 2. The number of piperidine rings is 1. The lowest BCUT2D eigenvalue weighted by molar-refractivity contribution is -0.134. The molecule has 2 N–H and O–H groups in total. The van der Waals surface area contributed by atoms with Crippen molar-refractivity contribution in [2.75, 3.05) is 26.7 Å². The lowest BCUT2D eigenvalue weighted by atomic mass is 9.94. The number of hydrogen-bond donors (Lipinski definition) is 1. The quantitative estimate of drug-likeness (QED) is 0.735. The van der Waals surface area contributed by atoms with Gasteiger partial charge in [0.25, 0.3) is 5.91 Å². The van der Waals surface area contributed by atoms with Crippen molar-refractivity contribution in [3.05, 3.63) is 64.7 Å². The van der Waals surface area contributed by atoms with Crippen molar-refractivity contribution in [2.45, 2.75) is 39.2 Å². The summed E-state index contributed by atoms with van der Waals surface area (Å²) in [6.07, 6.45) is 2.05. The second-order valence-electron chi connectivity index (χ2n) is 9.05. The van der Waals surface area contributed by atoms with Crippen molar-refractivity contribution in [1.82, 2.24) is 9.91 Å². The van der Waals surface area contributed by atoms with Crippen LogP contribution in [-0.2, 0) is 9.59 Å². The van der Waals surface area contributed by atoms with Gasteiger partial charge in [0.2, 0.25) is 5.91 Å². The van der Waals surface area contributed by atoms with Gasteiger partial charge in [-0.05, 0) is 80.7 Å². The zero-order chi connectivity index (χ0) is 23.5. The van der Waals surface area contributed by atoms with E-state index in [-0.39, 0.29) is 30.3 Å². The first-order valence-corrected chi connectivity index (χ1v) is 11.5.